The smallest absolute Gasteiger partial charge is 0.156 e. The van der Waals surface area contributed by atoms with Crippen LogP contribution in [0.3, 0.4) is 0 Å². The summed E-state index contributed by atoms with van der Waals surface area (Å²) in [5.74, 6) is 0. The number of aryl methyl sites for hydroxylation is 2. The lowest BCUT2D eigenvalue weighted by atomic mass is 10.2. The van der Waals surface area contributed by atoms with Gasteiger partial charge in [-0.15, -0.1) is 0 Å². The molecule has 0 saturated carbocycles. The van der Waals surface area contributed by atoms with E-state index in [0.717, 1.165) is 28.6 Å². The molecule has 0 aliphatic heterocycles. The molecule has 3 nitrogen and oxygen atoms in total. The Hall–Kier alpha value is -1.06. The van der Waals surface area contributed by atoms with E-state index in [2.05, 4.69) is 27.4 Å². The second kappa shape index (κ2) is 4.07. The number of nitrogens with zero attached hydrogens (tertiary/aromatic N) is 3. The van der Waals surface area contributed by atoms with E-state index in [1.54, 1.807) is 0 Å². The van der Waals surface area contributed by atoms with Crippen LogP contribution in [-0.4, -0.2) is 28.4 Å². The summed E-state index contributed by atoms with van der Waals surface area (Å²) in [4.78, 5) is 6.57. The first-order valence-corrected chi connectivity index (χ1v) is 5.65. The fourth-order valence-electron chi connectivity index (χ4n) is 1.84. The second-order valence-corrected chi connectivity index (χ2v) is 4.82. The minimum Gasteiger partial charge on any atom is -0.305 e. The molecule has 0 spiro atoms. The van der Waals surface area contributed by atoms with Crippen LogP contribution in [0.15, 0.2) is 12.3 Å². The lowest BCUT2D eigenvalue weighted by Gasteiger charge is -2.10. The first-order valence-electron chi connectivity index (χ1n) is 5.27. The van der Waals surface area contributed by atoms with Crippen molar-refractivity contribution in [2.75, 3.05) is 14.1 Å². The van der Waals surface area contributed by atoms with Crippen LogP contribution in [0.5, 0.6) is 0 Å². The third-order valence-corrected chi connectivity index (χ3v) is 2.98. The van der Waals surface area contributed by atoms with E-state index >= 15 is 0 Å². The first-order chi connectivity index (χ1) is 7.49. The summed E-state index contributed by atoms with van der Waals surface area (Å²) < 4.78 is 2.07. The number of pyridine rings is 1. The number of hydrogen-bond donors (Lipinski definition) is 0. The van der Waals surface area contributed by atoms with Crippen LogP contribution in [0, 0.1) is 13.8 Å². The summed E-state index contributed by atoms with van der Waals surface area (Å²) in [6.45, 7) is 4.95. The predicted molar refractivity (Wildman–Crippen MR) is 67.1 cm³/mol. The lowest BCUT2D eigenvalue weighted by Crippen LogP contribution is -2.11. The summed E-state index contributed by atoms with van der Waals surface area (Å²) in [7, 11) is 4.09. The molecule has 0 aromatic carbocycles. The number of imidazole rings is 1. The molecule has 16 heavy (non-hydrogen) atoms. The average molecular weight is 238 g/mol. The molecule has 0 amide bonds. The minimum atomic E-state index is 0.718. The van der Waals surface area contributed by atoms with E-state index in [4.69, 9.17) is 11.6 Å². The molecule has 0 radical (unpaired) electrons. The van der Waals surface area contributed by atoms with Crippen LogP contribution in [0.2, 0.25) is 5.02 Å². The standard InChI is InChI=1S/C12H16ClN3/c1-8-9(2)16-7-10(6-15(3)4)5-11(13)12(16)14-8/h5,7H,6H2,1-4H3. The number of hydrogen-bond acceptors (Lipinski definition) is 2. The minimum absolute atomic E-state index is 0.718. The van der Waals surface area contributed by atoms with Gasteiger partial charge >= 0.3 is 0 Å². The van der Waals surface area contributed by atoms with Gasteiger partial charge in [-0.25, -0.2) is 4.98 Å². The Morgan fingerprint density at radius 3 is 2.69 bits per heavy atom. The van der Waals surface area contributed by atoms with Gasteiger partial charge in [0.15, 0.2) is 5.65 Å². The van der Waals surface area contributed by atoms with Crippen molar-refractivity contribution in [2.24, 2.45) is 0 Å². The Morgan fingerprint density at radius 2 is 2.06 bits per heavy atom. The van der Waals surface area contributed by atoms with Gasteiger partial charge in [-0.1, -0.05) is 11.6 Å². The summed E-state index contributed by atoms with van der Waals surface area (Å²) in [6, 6.07) is 1.99. The van der Waals surface area contributed by atoms with Crippen molar-refractivity contribution in [3.63, 3.8) is 0 Å². The SMILES string of the molecule is Cc1nc2c(Cl)cc(CN(C)C)cn2c1C. The van der Waals surface area contributed by atoms with Crippen molar-refractivity contribution in [3.8, 4) is 0 Å². The molecule has 0 unspecified atom stereocenters. The zero-order valence-corrected chi connectivity index (χ0v) is 10.8. The van der Waals surface area contributed by atoms with E-state index in [0.29, 0.717) is 0 Å². The molecular weight excluding hydrogens is 222 g/mol. The predicted octanol–water partition coefficient (Wildman–Crippen LogP) is 2.67. The van der Waals surface area contributed by atoms with Crippen LogP contribution < -0.4 is 0 Å². The maximum Gasteiger partial charge on any atom is 0.156 e. The molecule has 86 valence electrons. The van der Waals surface area contributed by atoms with E-state index in [1.165, 1.54) is 5.56 Å². The fraction of sp³-hybridized carbons (Fsp3) is 0.417. The van der Waals surface area contributed by atoms with Crippen molar-refractivity contribution in [1.82, 2.24) is 14.3 Å². The van der Waals surface area contributed by atoms with Crippen LogP contribution in [-0.2, 0) is 6.54 Å². The normalized spacial score (nSPS) is 11.6. The third kappa shape index (κ3) is 1.93. The van der Waals surface area contributed by atoms with Crippen molar-refractivity contribution in [3.05, 3.63) is 34.2 Å². The third-order valence-electron chi connectivity index (χ3n) is 2.71. The highest BCUT2D eigenvalue weighted by atomic mass is 35.5. The van der Waals surface area contributed by atoms with E-state index < -0.39 is 0 Å². The quantitative estimate of drug-likeness (QED) is 0.801. The number of aromatic nitrogens is 2. The summed E-state index contributed by atoms with van der Waals surface area (Å²) in [5, 5.41) is 0.718. The van der Waals surface area contributed by atoms with Crippen molar-refractivity contribution < 1.29 is 0 Å². The lowest BCUT2D eigenvalue weighted by molar-refractivity contribution is 0.402. The Kier molecular flexibility index (Phi) is 2.91. The zero-order chi connectivity index (χ0) is 11.9. The van der Waals surface area contributed by atoms with Gasteiger partial charge in [-0.3, -0.25) is 0 Å². The molecule has 0 bridgehead atoms. The highest BCUT2D eigenvalue weighted by Gasteiger charge is 2.09. The van der Waals surface area contributed by atoms with Crippen LogP contribution >= 0.6 is 11.6 Å². The number of rotatable bonds is 2. The summed E-state index contributed by atoms with van der Waals surface area (Å²) in [6.07, 6.45) is 2.11. The average Bonchev–Trinajstić information content (AvgIpc) is 2.45. The maximum atomic E-state index is 6.23. The Labute approximate surface area is 101 Å². The fourth-order valence-corrected chi connectivity index (χ4v) is 2.11. The van der Waals surface area contributed by atoms with Gasteiger partial charge in [-0.05, 0) is 39.6 Å². The Balaban J connectivity index is 2.60. The second-order valence-electron chi connectivity index (χ2n) is 4.41. The Morgan fingerprint density at radius 1 is 1.38 bits per heavy atom. The highest BCUT2D eigenvalue weighted by molar-refractivity contribution is 6.33. The molecule has 0 aliphatic carbocycles. The highest BCUT2D eigenvalue weighted by Crippen LogP contribution is 2.21. The van der Waals surface area contributed by atoms with Crippen molar-refractivity contribution in [2.45, 2.75) is 20.4 Å². The molecule has 0 saturated heterocycles. The molecule has 2 aromatic heterocycles. The van der Waals surface area contributed by atoms with Crippen molar-refractivity contribution >= 4 is 17.2 Å². The molecule has 2 rings (SSSR count). The van der Waals surface area contributed by atoms with Gasteiger partial charge in [0, 0.05) is 18.4 Å². The van der Waals surface area contributed by atoms with E-state index in [1.807, 2.05) is 27.1 Å². The molecule has 0 aliphatic rings. The van der Waals surface area contributed by atoms with Crippen LogP contribution in [0.1, 0.15) is 17.0 Å². The largest absolute Gasteiger partial charge is 0.305 e. The number of halogens is 1. The molecule has 2 aromatic rings. The van der Waals surface area contributed by atoms with Gasteiger partial charge in [0.2, 0.25) is 0 Å². The molecule has 0 atom stereocenters. The molecule has 0 fully saturated rings. The van der Waals surface area contributed by atoms with Gasteiger partial charge in [0.25, 0.3) is 0 Å². The monoisotopic (exact) mass is 237 g/mol. The summed E-state index contributed by atoms with van der Waals surface area (Å²) >= 11 is 6.23. The summed E-state index contributed by atoms with van der Waals surface area (Å²) in [5.41, 5.74) is 4.23. The first kappa shape index (κ1) is 11.4. The van der Waals surface area contributed by atoms with Crippen molar-refractivity contribution in [1.29, 1.82) is 0 Å². The molecular formula is C12H16ClN3. The molecule has 4 heteroatoms. The molecule has 0 N–H and O–H groups in total. The van der Waals surface area contributed by atoms with E-state index in [-0.39, 0.29) is 0 Å². The van der Waals surface area contributed by atoms with Gasteiger partial charge in [0.1, 0.15) is 0 Å². The van der Waals surface area contributed by atoms with Gasteiger partial charge in [-0.2, -0.15) is 0 Å². The van der Waals surface area contributed by atoms with Gasteiger partial charge in [0.05, 0.1) is 10.7 Å². The van der Waals surface area contributed by atoms with Gasteiger partial charge < -0.3 is 9.30 Å². The molecule has 2 heterocycles. The van der Waals surface area contributed by atoms with Crippen LogP contribution in [0.4, 0.5) is 0 Å². The zero-order valence-electron chi connectivity index (χ0n) is 10.1. The van der Waals surface area contributed by atoms with Crippen LogP contribution in [0.25, 0.3) is 5.65 Å². The van der Waals surface area contributed by atoms with E-state index in [9.17, 15) is 0 Å². The maximum absolute atomic E-state index is 6.23. The topological polar surface area (TPSA) is 20.5 Å². The number of fused-ring (bicyclic) bond motifs is 1. The Bertz CT molecular complexity index is 529.